The van der Waals surface area contributed by atoms with Crippen LogP contribution < -0.4 is 0 Å². The maximum atomic E-state index is 11.7. The Hall–Kier alpha value is -0.620. The SMILES string of the molecule is CCOC(=O)CN(CC)S(=O)(=O)C(C)C. The van der Waals surface area contributed by atoms with Gasteiger partial charge in [0.05, 0.1) is 11.9 Å². The van der Waals surface area contributed by atoms with Gasteiger partial charge in [-0.2, -0.15) is 4.31 Å². The van der Waals surface area contributed by atoms with Crippen molar-refractivity contribution in [1.29, 1.82) is 0 Å². The number of carbonyl (C=O) groups is 1. The lowest BCUT2D eigenvalue weighted by molar-refractivity contribution is -0.143. The average molecular weight is 237 g/mol. The van der Waals surface area contributed by atoms with Gasteiger partial charge in [0, 0.05) is 6.54 Å². The molecule has 0 aliphatic rings. The summed E-state index contributed by atoms with van der Waals surface area (Å²) in [6, 6.07) is 0. The highest BCUT2D eigenvalue weighted by molar-refractivity contribution is 7.89. The molecule has 0 aliphatic heterocycles. The summed E-state index contributed by atoms with van der Waals surface area (Å²) in [7, 11) is -3.37. The van der Waals surface area contributed by atoms with Gasteiger partial charge in [-0.25, -0.2) is 8.42 Å². The predicted molar refractivity (Wildman–Crippen MR) is 57.9 cm³/mol. The minimum absolute atomic E-state index is 0.204. The summed E-state index contributed by atoms with van der Waals surface area (Å²) in [6.07, 6.45) is 0. The molecule has 90 valence electrons. The second-order valence-electron chi connectivity index (χ2n) is 3.32. The Morgan fingerprint density at radius 1 is 1.33 bits per heavy atom. The van der Waals surface area contributed by atoms with E-state index in [1.807, 2.05) is 0 Å². The number of ether oxygens (including phenoxy) is 1. The van der Waals surface area contributed by atoms with Crippen LogP contribution in [-0.4, -0.2) is 43.6 Å². The number of nitrogens with zero attached hydrogens (tertiary/aromatic N) is 1. The first-order valence-corrected chi connectivity index (χ1v) is 6.51. The molecule has 0 atom stereocenters. The number of sulfonamides is 1. The summed E-state index contributed by atoms with van der Waals surface area (Å²) in [5.41, 5.74) is 0. The number of rotatable bonds is 6. The van der Waals surface area contributed by atoms with Crippen LogP contribution >= 0.6 is 0 Å². The molecule has 0 unspecified atom stereocenters. The van der Waals surface area contributed by atoms with Gasteiger partial charge in [0.1, 0.15) is 6.54 Å². The van der Waals surface area contributed by atoms with Crippen LogP contribution in [-0.2, 0) is 19.6 Å². The first-order valence-electron chi connectivity index (χ1n) is 5.00. The molecule has 0 amide bonds. The minimum Gasteiger partial charge on any atom is -0.465 e. The molecule has 0 rings (SSSR count). The van der Waals surface area contributed by atoms with Crippen molar-refractivity contribution in [2.75, 3.05) is 19.7 Å². The van der Waals surface area contributed by atoms with Gasteiger partial charge in [-0.15, -0.1) is 0 Å². The zero-order valence-corrected chi connectivity index (χ0v) is 10.5. The molecular formula is C9H19NO4S. The van der Waals surface area contributed by atoms with Crippen molar-refractivity contribution < 1.29 is 17.9 Å². The van der Waals surface area contributed by atoms with E-state index in [-0.39, 0.29) is 19.7 Å². The van der Waals surface area contributed by atoms with E-state index in [4.69, 9.17) is 4.74 Å². The Morgan fingerprint density at radius 3 is 2.20 bits per heavy atom. The molecule has 0 heterocycles. The van der Waals surface area contributed by atoms with Crippen LogP contribution in [0.15, 0.2) is 0 Å². The van der Waals surface area contributed by atoms with Gasteiger partial charge >= 0.3 is 5.97 Å². The molecule has 6 heteroatoms. The lowest BCUT2D eigenvalue weighted by Gasteiger charge is -2.21. The number of carbonyl (C=O) groups excluding carboxylic acids is 1. The largest absolute Gasteiger partial charge is 0.465 e. The standard InChI is InChI=1S/C9H19NO4S/c1-5-10(7-9(11)14-6-2)15(12,13)8(3)4/h8H,5-7H2,1-4H3. The fourth-order valence-electron chi connectivity index (χ4n) is 1.03. The van der Waals surface area contributed by atoms with E-state index in [1.54, 1.807) is 27.7 Å². The fourth-order valence-corrected chi connectivity index (χ4v) is 2.27. The van der Waals surface area contributed by atoms with Crippen LogP contribution in [0, 0.1) is 0 Å². The molecule has 0 aromatic carbocycles. The lowest BCUT2D eigenvalue weighted by atomic mass is 10.6. The van der Waals surface area contributed by atoms with E-state index < -0.39 is 21.2 Å². The summed E-state index contributed by atoms with van der Waals surface area (Å²) in [5.74, 6) is -0.511. The van der Waals surface area contributed by atoms with Crippen molar-refractivity contribution in [3.05, 3.63) is 0 Å². The third-order valence-corrected chi connectivity index (χ3v) is 4.22. The molecule has 0 radical (unpaired) electrons. The molecule has 0 N–H and O–H groups in total. The third-order valence-electron chi connectivity index (χ3n) is 1.92. The molecule has 0 aliphatic carbocycles. The quantitative estimate of drug-likeness (QED) is 0.635. The average Bonchev–Trinajstić information content (AvgIpc) is 2.14. The second kappa shape index (κ2) is 6.07. The molecule has 0 saturated carbocycles. The van der Waals surface area contributed by atoms with Crippen LogP contribution in [0.3, 0.4) is 0 Å². The monoisotopic (exact) mass is 237 g/mol. The van der Waals surface area contributed by atoms with Crippen LogP contribution in [0.25, 0.3) is 0 Å². The van der Waals surface area contributed by atoms with Gasteiger partial charge in [-0.3, -0.25) is 4.79 Å². The highest BCUT2D eigenvalue weighted by Gasteiger charge is 2.26. The normalized spacial score (nSPS) is 12.1. The summed E-state index contributed by atoms with van der Waals surface area (Å²) >= 11 is 0. The Morgan fingerprint density at radius 2 is 1.87 bits per heavy atom. The molecule has 0 spiro atoms. The Labute approximate surface area is 91.5 Å². The van der Waals surface area contributed by atoms with Crippen LogP contribution in [0.5, 0.6) is 0 Å². The highest BCUT2D eigenvalue weighted by Crippen LogP contribution is 2.07. The molecule has 0 saturated heterocycles. The first-order chi connectivity index (χ1) is 6.86. The van der Waals surface area contributed by atoms with Gasteiger partial charge < -0.3 is 4.74 Å². The van der Waals surface area contributed by atoms with Crippen LogP contribution in [0.1, 0.15) is 27.7 Å². The van der Waals surface area contributed by atoms with Crippen molar-refractivity contribution in [3.63, 3.8) is 0 Å². The first kappa shape index (κ1) is 14.4. The maximum Gasteiger partial charge on any atom is 0.321 e. The summed E-state index contributed by atoms with van der Waals surface area (Å²) < 4.78 is 29.3. The zero-order chi connectivity index (χ0) is 12.1. The van der Waals surface area contributed by atoms with Gasteiger partial charge in [0.15, 0.2) is 0 Å². The van der Waals surface area contributed by atoms with Crippen molar-refractivity contribution in [1.82, 2.24) is 4.31 Å². The number of likely N-dealkylation sites (N-methyl/N-ethyl adjacent to an activating group) is 1. The third kappa shape index (κ3) is 4.17. The van der Waals surface area contributed by atoms with Gasteiger partial charge in [0.25, 0.3) is 0 Å². The topological polar surface area (TPSA) is 63.7 Å². The molecule has 5 nitrogen and oxygen atoms in total. The predicted octanol–water partition coefficient (Wildman–Crippen LogP) is 0.610. The van der Waals surface area contributed by atoms with Crippen molar-refractivity contribution in [3.8, 4) is 0 Å². The number of hydrogen-bond acceptors (Lipinski definition) is 4. The fraction of sp³-hybridized carbons (Fsp3) is 0.889. The van der Waals surface area contributed by atoms with E-state index in [0.29, 0.717) is 0 Å². The van der Waals surface area contributed by atoms with Crippen molar-refractivity contribution >= 4 is 16.0 Å². The molecule has 15 heavy (non-hydrogen) atoms. The lowest BCUT2D eigenvalue weighted by Crippen LogP contribution is -2.40. The molecule has 0 aromatic rings. The van der Waals surface area contributed by atoms with Crippen molar-refractivity contribution in [2.24, 2.45) is 0 Å². The zero-order valence-electron chi connectivity index (χ0n) is 9.69. The van der Waals surface area contributed by atoms with E-state index in [9.17, 15) is 13.2 Å². The molecular weight excluding hydrogens is 218 g/mol. The highest BCUT2D eigenvalue weighted by atomic mass is 32.2. The number of esters is 1. The second-order valence-corrected chi connectivity index (χ2v) is 5.81. The van der Waals surface area contributed by atoms with E-state index in [0.717, 1.165) is 4.31 Å². The van der Waals surface area contributed by atoms with Gasteiger partial charge in [0.2, 0.25) is 10.0 Å². The summed E-state index contributed by atoms with van der Waals surface area (Å²) in [6.45, 7) is 6.89. The van der Waals surface area contributed by atoms with E-state index >= 15 is 0 Å². The summed E-state index contributed by atoms with van der Waals surface area (Å²) in [5, 5.41) is -0.521. The van der Waals surface area contributed by atoms with Gasteiger partial charge in [-0.1, -0.05) is 6.92 Å². The smallest absolute Gasteiger partial charge is 0.321 e. The maximum absolute atomic E-state index is 11.7. The molecule has 0 fully saturated rings. The molecule has 0 bridgehead atoms. The van der Waals surface area contributed by atoms with E-state index in [1.165, 1.54) is 0 Å². The number of hydrogen-bond donors (Lipinski definition) is 0. The Balaban J connectivity index is 4.58. The minimum atomic E-state index is -3.37. The molecule has 0 aromatic heterocycles. The summed E-state index contributed by atoms with van der Waals surface area (Å²) in [4.78, 5) is 11.2. The van der Waals surface area contributed by atoms with Crippen molar-refractivity contribution in [2.45, 2.75) is 32.9 Å². The van der Waals surface area contributed by atoms with Crippen LogP contribution in [0.2, 0.25) is 0 Å². The Bertz CT molecular complexity index is 297. The Kier molecular flexibility index (Phi) is 5.82. The van der Waals surface area contributed by atoms with Gasteiger partial charge in [-0.05, 0) is 20.8 Å². The van der Waals surface area contributed by atoms with E-state index in [2.05, 4.69) is 0 Å². The van der Waals surface area contributed by atoms with Crippen LogP contribution in [0.4, 0.5) is 0 Å².